The van der Waals surface area contributed by atoms with Crippen molar-refractivity contribution < 1.29 is 4.74 Å². The number of ether oxygens (including phenoxy) is 1. The van der Waals surface area contributed by atoms with E-state index < -0.39 is 0 Å². The molecule has 1 aromatic carbocycles. The standard InChI is InChI=1S/C15H18ClNOS/c1-3-13(17)15(11-6-7-19-9-11)18-14-8-12(16)5-4-10(14)2/h4-9,13,15H,3,17H2,1-2H3. The summed E-state index contributed by atoms with van der Waals surface area (Å²) in [6.07, 6.45) is 0.730. The van der Waals surface area contributed by atoms with Gasteiger partial charge in [0.2, 0.25) is 0 Å². The minimum atomic E-state index is -0.131. The van der Waals surface area contributed by atoms with Crippen LogP contribution in [0.3, 0.4) is 0 Å². The Kier molecular flexibility index (Phi) is 4.86. The van der Waals surface area contributed by atoms with Crippen molar-refractivity contribution in [1.29, 1.82) is 0 Å². The molecule has 0 aliphatic heterocycles. The second-order valence-electron chi connectivity index (χ2n) is 4.58. The van der Waals surface area contributed by atoms with E-state index in [-0.39, 0.29) is 12.1 Å². The zero-order chi connectivity index (χ0) is 13.8. The third kappa shape index (κ3) is 3.50. The van der Waals surface area contributed by atoms with Crippen molar-refractivity contribution in [3.05, 3.63) is 51.2 Å². The number of rotatable bonds is 5. The van der Waals surface area contributed by atoms with Crippen LogP contribution in [0.4, 0.5) is 0 Å². The highest BCUT2D eigenvalue weighted by Gasteiger charge is 2.21. The fourth-order valence-corrected chi connectivity index (χ4v) is 2.74. The normalized spacial score (nSPS) is 14.1. The van der Waals surface area contributed by atoms with E-state index in [4.69, 9.17) is 22.1 Å². The van der Waals surface area contributed by atoms with E-state index in [0.29, 0.717) is 5.02 Å². The van der Waals surface area contributed by atoms with Crippen LogP contribution in [-0.2, 0) is 0 Å². The number of hydrogen-bond acceptors (Lipinski definition) is 3. The van der Waals surface area contributed by atoms with Gasteiger partial charge in [0, 0.05) is 16.6 Å². The summed E-state index contributed by atoms with van der Waals surface area (Å²) in [6, 6.07) is 7.69. The number of thiophene rings is 1. The Balaban J connectivity index is 2.28. The lowest BCUT2D eigenvalue weighted by Crippen LogP contribution is -2.31. The van der Waals surface area contributed by atoms with Gasteiger partial charge in [0.25, 0.3) is 0 Å². The van der Waals surface area contributed by atoms with Crippen molar-refractivity contribution in [3.8, 4) is 5.75 Å². The van der Waals surface area contributed by atoms with Gasteiger partial charge < -0.3 is 10.5 Å². The fraction of sp³-hybridized carbons (Fsp3) is 0.333. The third-order valence-electron chi connectivity index (χ3n) is 3.14. The van der Waals surface area contributed by atoms with Crippen LogP contribution in [0.2, 0.25) is 5.02 Å². The molecule has 1 aromatic heterocycles. The molecule has 0 saturated carbocycles. The molecule has 2 N–H and O–H groups in total. The van der Waals surface area contributed by atoms with Gasteiger partial charge in [-0.15, -0.1) is 0 Å². The van der Waals surface area contributed by atoms with Crippen molar-refractivity contribution in [3.63, 3.8) is 0 Å². The summed E-state index contributed by atoms with van der Waals surface area (Å²) in [5.41, 5.74) is 8.38. The second kappa shape index (κ2) is 6.42. The summed E-state index contributed by atoms with van der Waals surface area (Å²) in [6.45, 7) is 4.08. The summed E-state index contributed by atoms with van der Waals surface area (Å²) in [7, 11) is 0. The van der Waals surface area contributed by atoms with Gasteiger partial charge in [0.1, 0.15) is 11.9 Å². The molecule has 2 atom stereocenters. The molecular formula is C15H18ClNOS. The molecule has 0 bridgehead atoms. The first kappa shape index (κ1) is 14.4. The predicted octanol–water partition coefficient (Wildman–Crippen LogP) is 4.57. The Hall–Kier alpha value is -1.03. The predicted molar refractivity (Wildman–Crippen MR) is 82.1 cm³/mol. The van der Waals surface area contributed by atoms with Gasteiger partial charge in [-0.25, -0.2) is 0 Å². The molecule has 2 unspecified atom stereocenters. The topological polar surface area (TPSA) is 35.2 Å². The van der Waals surface area contributed by atoms with Gasteiger partial charge in [0.05, 0.1) is 0 Å². The van der Waals surface area contributed by atoms with Gasteiger partial charge in [0.15, 0.2) is 0 Å². The first-order valence-electron chi connectivity index (χ1n) is 6.32. The smallest absolute Gasteiger partial charge is 0.140 e. The minimum Gasteiger partial charge on any atom is -0.484 e. The van der Waals surface area contributed by atoms with Crippen molar-refractivity contribution >= 4 is 22.9 Å². The monoisotopic (exact) mass is 295 g/mol. The zero-order valence-corrected chi connectivity index (χ0v) is 12.7. The molecule has 0 aliphatic rings. The first-order chi connectivity index (χ1) is 9.11. The van der Waals surface area contributed by atoms with Crippen LogP contribution < -0.4 is 10.5 Å². The van der Waals surface area contributed by atoms with E-state index in [9.17, 15) is 0 Å². The summed E-state index contributed by atoms with van der Waals surface area (Å²) in [5, 5.41) is 4.80. The average molecular weight is 296 g/mol. The zero-order valence-electron chi connectivity index (χ0n) is 11.1. The highest BCUT2D eigenvalue weighted by molar-refractivity contribution is 7.07. The lowest BCUT2D eigenvalue weighted by molar-refractivity contribution is 0.170. The summed E-state index contributed by atoms with van der Waals surface area (Å²) >= 11 is 7.68. The van der Waals surface area contributed by atoms with Gasteiger partial charge >= 0.3 is 0 Å². The average Bonchev–Trinajstić information content (AvgIpc) is 2.92. The van der Waals surface area contributed by atoms with Crippen LogP contribution in [0.15, 0.2) is 35.0 Å². The first-order valence-corrected chi connectivity index (χ1v) is 7.64. The van der Waals surface area contributed by atoms with Crippen molar-refractivity contribution in [1.82, 2.24) is 0 Å². The molecule has 0 saturated heterocycles. The second-order valence-corrected chi connectivity index (χ2v) is 5.79. The molecule has 0 spiro atoms. The molecule has 0 fully saturated rings. The third-order valence-corrected chi connectivity index (χ3v) is 4.07. The quantitative estimate of drug-likeness (QED) is 0.877. The highest BCUT2D eigenvalue weighted by atomic mass is 35.5. The molecule has 102 valence electrons. The van der Waals surface area contributed by atoms with E-state index in [1.54, 1.807) is 11.3 Å². The van der Waals surface area contributed by atoms with E-state index in [1.165, 1.54) is 0 Å². The number of halogens is 1. The molecule has 0 radical (unpaired) electrons. The van der Waals surface area contributed by atoms with E-state index in [1.807, 2.05) is 30.5 Å². The molecule has 1 heterocycles. The maximum absolute atomic E-state index is 6.19. The summed E-state index contributed by atoms with van der Waals surface area (Å²) < 4.78 is 6.12. The lowest BCUT2D eigenvalue weighted by atomic mass is 10.0. The maximum Gasteiger partial charge on any atom is 0.140 e. The Labute approximate surface area is 123 Å². The number of hydrogen-bond donors (Lipinski definition) is 1. The highest BCUT2D eigenvalue weighted by Crippen LogP contribution is 2.30. The van der Waals surface area contributed by atoms with E-state index in [0.717, 1.165) is 23.3 Å². The Morgan fingerprint density at radius 2 is 2.16 bits per heavy atom. The number of benzene rings is 1. The van der Waals surface area contributed by atoms with Gasteiger partial charge in [-0.1, -0.05) is 24.6 Å². The van der Waals surface area contributed by atoms with Crippen molar-refractivity contribution in [2.45, 2.75) is 32.4 Å². The molecule has 2 rings (SSSR count). The van der Waals surface area contributed by atoms with Crippen LogP contribution in [0.25, 0.3) is 0 Å². The summed E-state index contributed by atoms with van der Waals surface area (Å²) in [5.74, 6) is 0.799. The van der Waals surface area contributed by atoms with Gasteiger partial charge in [-0.05, 0) is 47.9 Å². The molecule has 4 heteroatoms. The van der Waals surface area contributed by atoms with Gasteiger partial charge in [-0.3, -0.25) is 0 Å². The molecule has 0 aliphatic carbocycles. The molecule has 0 amide bonds. The SMILES string of the molecule is CCC(N)C(Oc1cc(Cl)ccc1C)c1ccsc1. The van der Waals surface area contributed by atoms with Crippen LogP contribution in [-0.4, -0.2) is 6.04 Å². The van der Waals surface area contributed by atoms with Crippen LogP contribution in [0, 0.1) is 6.92 Å². The molecule has 2 aromatic rings. The fourth-order valence-electron chi connectivity index (χ4n) is 1.89. The Morgan fingerprint density at radius 3 is 2.79 bits per heavy atom. The van der Waals surface area contributed by atoms with E-state index >= 15 is 0 Å². The minimum absolute atomic E-state index is 0.0343. The largest absolute Gasteiger partial charge is 0.484 e. The lowest BCUT2D eigenvalue weighted by Gasteiger charge is -2.24. The van der Waals surface area contributed by atoms with Gasteiger partial charge in [-0.2, -0.15) is 11.3 Å². The number of nitrogens with two attached hydrogens (primary N) is 1. The molecule has 2 nitrogen and oxygen atoms in total. The molecule has 19 heavy (non-hydrogen) atoms. The molecular weight excluding hydrogens is 278 g/mol. The summed E-state index contributed by atoms with van der Waals surface area (Å²) in [4.78, 5) is 0. The van der Waals surface area contributed by atoms with Crippen molar-refractivity contribution in [2.75, 3.05) is 0 Å². The Bertz CT molecular complexity index is 527. The van der Waals surface area contributed by atoms with Crippen molar-refractivity contribution in [2.24, 2.45) is 5.73 Å². The maximum atomic E-state index is 6.19. The van der Waals surface area contributed by atoms with Crippen LogP contribution in [0.1, 0.15) is 30.6 Å². The van der Waals surface area contributed by atoms with Crippen LogP contribution >= 0.6 is 22.9 Å². The number of aryl methyl sites for hydroxylation is 1. The van der Waals surface area contributed by atoms with Crippen LogP contribution in [0.5, 0.6) is 5.75 Å². The Morgan fingerprint density at radius 1 is 1.37 bits per heavy atom. The van der Waals surface area contributed by atoms with E-state index in [2.05, 4.69) is 18.4 Å².